The lowest BCUT2D eigenvalue weighted by Crippen LogP contribution is -2.60. The average molecular weight is 650 g/mol. The number of aliphatic hydroxyl groups is 1. The summed E-state index contributed by atoms with van der Waals surface area (Å²) in [5.41, 5.74) is -2.47. The molecule has 0 aromatic carbocycles. The number of carbonyl (C=O) groups excluding carboxylic acids is 4. The highest BCUT2D eigenvalue weighted by molar-refractivity contribution is 6.00. The van der Waals surface area contributed by atoms with E-state index < -0.39 is 83.1 Å². The number of likely N-dealkylation sites (N-methyl/N-ethyl adjacent to an activating group) is 1. The van der Waals surface area contributed by atoms with Crippen molar-refractivity contribution in [2.24, 2.45) is 29.6 Å². The van der Waals surface area contributed by atoms with Gasteiger partial charge in [-0.15, -0.1) is 12.3 Å². The van der Waals surface area contributed by atoms with Crippen LogP contribution in [0.1, 0.15) is 87.5 Å². The van der Waals surface area contributed by atoms with E-state index in [4.69, 9.17) is 30.1 Å². The number of fused-ring (bicyclic) bond motifs is 1. The highest BCUT2D eigenvalue weighted by atomic mass is 16.7. The van der Waals surface area contributed by atoms with Crippen molar-refractivity contribution in [1.82, 2.24) is 4.90 Å². The predicted octanol–water partition coefficient (Wildman–Crippen LogP) is 3.33. The molecule has 260 valence electrons. The lowest BCUT2D eigenvalue weighted by molar-refractivity contribution is -0.296. The van der Waals surface area contributed by atoms with Gasteiger partial charge >= 0.3 is 11.9 Å². The summed E-state index contributed by atoms with van der Waals surface area (Å²) in [5.74, 6) is -3.01. The van der Waals surface area contributed by atoms with Crippen molar-refractivity contribution >= 4 is 23.5 Å². The number of terminal acetylenes is 1. The average Bonchev–Trinajstić information content (AvgIpc) is 3.33. The van der Waals surface area contributed by atoms with Gasteiger partial charge in [0.25, 0.3) is 0 Å². The summed E-state index contributed by atoms with van der Waals surface area (Å²) in [6, 6.07) is -0.327. The zero-order valence-corrected chi connectivity index (χ0v) is 29.2. The highest BCUT2D eigenvalue weighted by Crippen LogP contribution is 2.45. The van der Waals surface area contributed by atoms with Crippen molar-refractivity contribution < 1.29 is 48.0 Å². The highest BCUT2D eigenvalue weighted by Gasteiger charge is 2.57. The van der Waals surface area contributed by atoms with Crippen LogP contribution >= 0.6 is 0 Å². The number of ketones is 2. The minimum atomic E-state index is -1.24. The van der Waals surface area contributed by atoms with Crippen molar-refractivity contribution in [3.05, 3.63) is 0 Å². The first-order valence-corrected chi connectivity index (χ1v) is 16.6. The zero-order chi connectivity index (χ0) is 34.7. The molecule has 0 aromatic heterocycles. The first-order chi connectivity index (χ1) is 21.4. The molecule has 0 radical (unpaired) electrons. The molecular weight excluding hydrogens is 594 g/mol. The van der Waals surface area contributed by atoms with Gasteiger partial charge in [0.15, 0.2) is 12.1 Å². The molecule has 3 fully saturated rings. The van der Waals surface area contributed by atoms with Crippen molar-refractivity contribution in [3.8, 4) is 12.3 Å². The molecule has 11 heteroatoms. The Morgan fingerprint density at radius 3 is 2.30 bits per heavy atom. The fraction of sp³-hybridized carbons (Fsp3) is 0.829. The maximum Gasteiger partial charge on any atom is 0.316 e. The first kappa shape index (κ1) is 38.1. The molecule has 0 saturated carbocycles. The van der Waals surface area contributed by atoms with E-state index in [2.05, 4.69) is 5.92 Å². The van der Waals surface area contributed by atoms with Gasteiger partial charge in [-0.05, 0) is 54.0 Å². The van der Waals surface area contributed by atoms with Crippen molar-refractivity contribution in [2.75, 3.05) is 20.7 Å². The fourth-order valence-electron chi connectivity index (χ4n) is 7.82. The van der Waals surface area contributed by atoms with Gasteiger partial charge in [-0.1, -0.05) is 27.7 Å². The largest absolute Gasteiger partial charge is 0.458 e. The van der Waals surface area contributed by atoms with Gasteiger partial charge in [-0.25, -0.2) is 0 Å². The summed E-state index contributed by atoms with van der Waals surface area (Å²) in [6.07, 6.45) is 2.63. The summed E-state index contributed by atoms with van der Waals surface area (Å²) in [6.45, 7) is 14.4. The molecule has 3 saturated heterocycles. The molecule has 3 aliphatic heterocycles. The third-order valence-electron chi connectivity index (χ3n) is 10.8. The normalized spacial score (nSPS) is 43.0. The molecule has 3 heterocycles. The Labute approximate surface area is 274 Å². The monoisotopic (exact) mass is 649 g/mol. The van der Waals surface area contributed by atoms with Crippen LogP contribution in [0.2, 0.25) is 0 Å². The van der Waals surface area contributed by atoms with Crippen LogP contribution in [0.25, 0.3) is 0 Å². The van der Waals surface area contributed by atoms with Crippen molar-refractivity contribution in [2.45, 2.75) is 135 Å². The second-order valence-electron chi connectivity index (χ2n) is 14.1. The Balaban J connectivity index is 2.06. The minimum Gasteiger partial charge on any atom is -0.458 e. The number of ether oxygens (including phenoxy) is 5. The lowest BCUT2D eigenvalue weighted by Gasteiger charge is -2.47. The van der Waals surface area contributed by atoms with E-state index in [9.17, 15) is 24.3 Å². The third-order valence-corrected chi connectivity index (χ3v) is 10.8. The van der Waals surface area contributed by atoms with Gasteiger partial charge in [-0.2, -0.15) is 0 Å². The third kappa shape index (κ3) is 7.68. The van der Waals surface area contributed by atoms with Gasteiger partial charge in [-0.3, -0.25) is 24.1 Å². The molecule has 0 aromatic rings. The topological polar surface area (TPSA) is 138 Å². The number of hydrogen-bond donors (Lipinski definition) is 1. The Kier molecular flexibility index (Phi) is 12.6. The maximum atomic E-state index is 14.1. The SMILES string of the molecule is C#CCCN(C)[C@H]1C[C@@H](C)O[C@@H](O[C@@H]2[C@@H](C)C(=O)[C@@H](C)C(=O)O[C@H](CC)[C@@]3(C)OC(=O)C[C@@H]3[C@@H](C)C(=O)[C@H](C)C[C@@]2(C)OC)[C@@H]1O. The Hall–Kier alpha value is -2.36. The van der Waals surface area contributed by atoms with E-state index in [-0.39, 0.29) is 30.8 Å². The predicted molar refractivity (Wildman–Crippen MR) is 169 cm³/mol. The van der Waals surface area contributed by atoms with E-state index in [1.807, 2.05) is 18.9 Å². The van der Waals surface area contributed by atoms with E-state index in [1.54, 1.807) is 41.5 Å². The van der Waals surface area contributed by atoms with Gasteiger partial charge in [0.05, 0.1) is 24.2 Å². The Morgan fingerprint density at radius 2 is 1.72 bits per heavy atom. The van der Waals surface area contributed by atoms with E-state index in [0.29, 0.717) is 25.8 Å². The zero-order valence-electron chi connectivity index (χ0n) is 29.2. The molecule has 46 heavy (non-hydrogen) atoms. The number of carbonyl (C=O) groups is 4. The van der Waals surface area contributed by atoms with Crippen LogP contribution in [0.4, 0.5) is 0 Å². The molecule has 1 N–H and O–H groups in total. The second kappa shape index (κ2) is 15.2. The van der Waals surface area contributed by atoms with Crippen molar-refractivity contribution in [3.63, 3.8) is 0 Å². The number of rotatable bonds is 7. The smallest absolute Gasteiger partial charge is 0.316 e. The Morgan fingerprint density at radius 1 is 1.07 bits per heavy atom. The molecule has 13 atom stereocenters. The quantitative estimate of drug-likeness (QED) is 0.247. The molecule has 3 rings (SSSR count). The molecule has 0 spiro atoms. The first-order valence-electron chi connectivity index (χ1n) is 16.6. The number of Topliss-reactive ketones (excluding diaryl/α,β-unsaturated/α-hetero) is 2. The van der Waals surface area contributed by atoms with Crippen LogP contribution in [-0.4, -0.2) is 102 Å². The number of hydrogen-bond acceptors (Lipinski definition) is 11. The summed E-state index contributed by atoms with van der Waals surface area (Å²) in [4.78, 5) is 56.2. The standard InChI is InChI=1S/C35H55NO10/c1-12-14-15-36(10)25-16-20(4)43-33(30(25)40)45-31-22(6)29(39)23(7)32(41)44-26(13-2)35(9)24(17-27(37)46-35)21(5)28(38)19(3)18-34(31,8)42-11/h1,19-26,30-31,33,40H,13-18H2,2-11H3/t19-,20-,21-,22+,23-,24-,25+,26-,30-,31-,33+,34-,35+/m1/s1. The van der Waals surface area contributed by atoms with Crippen LogP contribution in [0.5, 0.6) is 0 Å². The molecule has 3 aliphatic rings. The van der Waals surface area contributed by atoms with Gasteiger partial charge in [0.2, 0.25) is 0 Å². The van der Waals surface area contributed by atoms with Gasteiger partial charge < -0.3 is 28.8 Å². The number of aliphatic hydroxyl groups excluding tert-OH is 1. The molecule has 0 aliphatic carbocycles. The molecule has 11 nitrogen and oxygen atoms in total. The summed E-state index contributed by atoms with van der Waals surface area (Å²) >= 11 is 0. The maximum absolute atomic E-state index is 14.1. The van der Waals surface area contributed by atoms with Crippen LogP contribution in [0.3, 0.4) is 0 Å². The minimum absolute atomic E-state index is 0.00895. The second-order valence-corrected chi connectivity index (χ2v) is 14.1. The molecule has 0 unspecified atom stereocenters. The van der Waals surface area contributed by atoms with Crippen LogP contribution in [0, 0.1) is 41.9 Å². The van der Waals surface area contributed by atoms with Crippen LogP contribution in [-0.2, 0) is 42.9 Å². The van der Waals surface area contributed by atoms with E-state index in [1.165, 1.54) is 14.0 Å². The lowest BCUT2D eigenvalue weighted by atomic mass is 9.70. The van der Waals surface area contributed by atoms with Crippen molar-refractivity contribution in [1.29, 1.82) is 0 Å². The van der Waals surface area contributed by atoms with E-state index in [0.717, 1.165) is 0 Å². The molecule has 0 amide bonds. The van der Waals surface area contributed by atoms with E-state index >= 15 is 0 Å². The number of methoxy groups -OCH3 is 1. The fourth-order valence-corrected chi connectivity index (χ4v) is 7.82. The van der Waals surface area contributed by atoms with Gasteiger partial charge in [0.1, 0.15) is 29.5 Å². The Bertz CT molecular complexity index is 1170. The molecule has 0 bridgehead atoms. The van der Waals surface area contributed by atoms with Gasteiger partial charge in [0, 0.05) is 49.8 Å². The number of nitrogens with zero attached hydrogens (tertiary/aromatic N) is 1. The number of cyclic esters (lactones) is 1. The molecular formula is C35H55NO10. The number of esters is 2. The van der Waals surface area contributed by atoms with Crippen LogP contribution in [0.15, 0.2) is 0 Å². The summed E-state index contributed by atoms with van der Waals surface area (Å²) in [7, 11) is 3.37. The summed E-state index contributed by atoms with van der Waals surface area (Å²) in [5, 5.41) is 11.5. The van der Waals surface area contributed by atoms with Crippen LogP contribution < -0.4 is 0 Å². The summed E-state index contributed by atoms with van der Waals surface area (Å²) < 4.78 is 30.5.